The number of nitrogens with one attached hydrogen (secondary N) is 1. The van der Waals surface area contributed by atoms with Gasteiger partial charge in [0, 0.05) is 11.6 Å². The topological polar surface area (TPSA) is 12.0 Å². The van der Waals surface area contributed by atoms with E-state index in [-0.39, 0.29) is 11.6 Å². The van der Waals surface area contributed by atoms with Gasteiger partial charge in [-0.25, -0.2) is 8.78 Å². The average molecular weight is 185 g/mol. The van der Waals surface area contributed by atoms with E-state index in [2.05, 4.69) is 5.32 Å². The van der Waals surface area contributed by atoms with Crippen LogP contribution in [0.3, 0.4) is 0 Å². The van der Waals surface area contributed by atoms with Crippen molar-refractivity contribution in [3.05, 3.63) is 35.4 Å². The lowest BCUT2D eigenvalue weighted by molar-refractivity contribution is 0.151. The van der Waals surface area contributed by atoms with Gasteiger partial charge in [-0.15, -0.1) is 0 Å². The molecule has 1 N–H and O–H groups in total. The third kappa shape index (κ3) is 2.49. The van der Waals surface area contributed by atoms with E-state index in [1.807, 2.05) is 14.0 Å². The molecule has 0 fully saturated rings. The lowest BCUT2D eigenvalue weighted by Crippen LogP contribution is -2.11. The molecule has 0 amide bonds. The highest BCUT2D eigenvalue weighted by atomic mass is 19.3. The van der Waals surface area contributed by atoms with E-state index in [4.69, 9.17) is 0 Å². The van der Waals surface area contributed by atoms with Crippen molar-refractivity contribution in [1.82, 2.24) is 5.32 Å². The first kappa shape index (κ1) is 10.1. The van der Waals surface area contributed by atoms with Crippen molar-refractivity contribution in [3.8, 4) is 0 Å². The summed E-state index contributed by atoms with van der Waals surface area (Å²) in [5.41, 5.74) is 1.10. The molecule has 0 spiro atoms. The molecular weight excluding hydrogens is 172 g/mol. The summed E-state index contributed by atoms with van der Waals surface area (Å²) in [6, 6.07) is 6.58. The predicted molar refractivity (Wildman–Crippen MR) is 48.9 cm³/mol. The Bertz CT molecular complexity index is 256. The molecule has 1 rings (SSSR count). The van der Waals surface area contributed by atoms with Crippen LogP contribution in [-0.4, -0.2) is 7.05 Å². The second-order valence-electron chi connectivity index (χ2n) is 2.98. The highest BCUT2D eigenvalue weighted by molar-refractivity contribution is 5.25. The van der Waals surface area contributed by atoms with Crippen molar-refractivity contribution >= 4 is 0 Å². The Hall–Kier alpha value is -0.960. The van der Waals surface area contributed by atoms with Crippen LogP contribution in [0.5, 0.6) is 0 Å². The molecule has 1 aromatic carbocycles. The average Bonchev–Trinajstić information content (AvgIpc) is 2.17. The van der Waals surface area contributed by atoms with Gasteiger partial charge < -0.3 is 5.32 Å². The van der Waals surface area contributed by atoms with Gasteiger partial charge in [0.25, 0.3) is 6.43 Å². The van der Waals surface area contributed by atoms with Crippen LogP contribution >= 0.6 is 0 Å². The SMILES string of the molecule is CN[C@H](C)c1ccc(C(F)F)cc1. The molecule has 72 valence electrons. The lowest BCUT2D eigenvalue weighted by Gasteiger charge is -2.10. The van der Waals surface area contributed by atoms with Gasteiger partial charge in [0.05, 0.1) is 0 Å². The maximum absolute atomic E-state index is 12.2. The molecule has 0 saturated carbocycles. The Morgan fingerprint density at radius 2 is 1.54 bits per heavy atom. The molecular formula is C10H13F2N. The fourth-order valence-corrected chi connectivity index (χ4v) is 1.10. The van der Waals surface area contributed by atoms with Crippen LogP contribution in [0.15, 0.2) is 24.3 Å². The van der Waals surface area contributed by atoms with Crippen molar-refractivity contribution in [2.75, 3.05) is 7.05 Å². The van der Waals surface area contributed by atoms with Gasteiger partial charge in [0.2, 0.25) is 0 Å². The first-order valence-electron chi connectivity index (χ1n) is 4.20. The highest BCUT2D eigenvalue weighted by Crippen LogP contribution is 2.20. The molecule has 0 heterocycles. The smallest absolute Gasteiger partial charge is 0.263 e. The molecule has 0 aromatic heterocycles. The van der Waals surface area contributed by atoms with Gasteiger partial charge in [-0.1, -0.05) is 24.3 Å². The fraction of sp³-hybridized carbons (Fsp3) is 0.400. The molecule has 3 heteroatoms. The molecule has 0 saturated heterocycles. The molecule has 0 aliphatic rings. The van der Waals surface area contributed by atoms with Crippen molar-refractivity contribution in [2.45, 2.75) is 19.4 Å². The molecule has 0 unspecified atom stereocenters. The van der Waals surface area contributed by atoms with Crippen LogP contribution < -0.4 is 5.32 Å². The van der Waals surface area contributed by atoms with Crippen molar-refractivity contribution in [2.24, 2.45) is 0 Å². The zero-order valence-corrected chi connectivity index (χ0v) is 7.72. The van der Waals surface area contributed by atoms with Crippen LogP contribution in [0, 0.1) is 0 Å². The van der Waals surface area contributed by atoms with E-state index in [1.54, 1.807) is 12.1 Å². The number of rotatable bonds is 3. The second-order valence-corrected chi connectivity index (χ2v) is 2.98. The summed E-state index contributed by atoms with van der Waals surface area (Å²) in [5, 5.41) is 3.04. The fourth-order valence-electron chi connectivity index (χ4n) is 1.10. The van der Waals surface area contributed by atoms with Gasteiger partial charge in [-0.3, -0.25) is 0 Å². The Morgan fingerprint density at radius 3 is 1.92 bits per heavy atom. The van der Waals surface area contributed by atoms with E-state index < -0.39 is 6.43 Å². The van der Waals surface area contributed by atoms with Crippen LogP contribution in [-0.2, 0) is 0 Å². The molecule has 0 radical (unpaired) electrons. The molecule has 0 bridgehead atoms. The van der Waals surface area contributed by atoms with Crippen LogP contribution in [0.2, 0.25) is 0 Å². The number of halogens is 2. The summed E-state index contributed by atoms with van der Waals surface area (Å²) >= 11 is 0. The van der Waals surface area contributed by atoms with Crippen molar-refractivity contribution in [1.29, 1.82) is 0 Å². The number of hydrogen-bond acceptors (Lipinski definition) is 1. The van der Waals surface area contributed by atoms with Gasteiger partial charge in [-0.05, 0) is 19.5 Å². The quantitative estimate of drug-likeness (QED) is 0.763. The van der Waals surface area contributed by atoms with Gasteiger partial charge in [0.15, 0.2) is 0 Å². The Morgan fingerprint density at radius 1 is 1.08 bits per heavy atom. The van der Waals surface area contributed by atoms with Gasteiger partial charge >= 0.3 is 0 Å². The monoisotopic (exact) mass is 185 g/mol. The summed E-state index contributed by atoms with van der Waals surface area (Å²) in [7, 11) is 1.84. The van der Waals surface area contributed by atoms with Crippen molar-refractivity contribution in [3.63, 3.8) is 0 Å². The normalized spacial score (nSPS) is 13.3. The van der Waals surface area contributed by atoms with E-state index in [0.29, 0.717) is 0 Å². The number of alkyl halides is 2. The largest absolute Gasteiger partial charge is 0.313 e. The minimum absolute atomic E-state index is 0.0760. The second kappa shape index (κ2) is 4.33. The summed E-state index contributed by atoms with van der Waals surface area (Å²) < 4.78 is 24.3. The molecule has 13 heavy (non-hydrogen) atoms. The van der Waals surface area contributed by atoms with Crippen molar-refractivity contribution < 1.29 is 8.78 Å². The minimum Gasteiger partial charge on any atom is -0.313 e. The Kier molecular flexibility index (Phi) is 3.37. The van der Waals surface area contributed by atoms with Gasteiger partial charge in [-0.2, -0.15) is 0 Å². The molecule has 1 nitrogen and oxygen atoms in total. The summed E-state index contributed by atoms with van der Waals surface area (Å²) in [5.74, 6) is 0. The lowest BCUT2D eigenvalue weighted by atomic mass is 10.1. The summed E-state index contributed by atoms with van der Waals surface area (Å²) in [6.45, 7) is 1.98. The maximum atomic E-state index is 12.2. The first-order valence-corrected chi connectivity index (χ1v) is 4.20. The Balaban J connectivity index is 2.81. The Labute approximate surface area is 76.8 Å². The third-order valence-corrected chi connectivity index (χ3v) is 2.12. The highest BCUT2D eigenvalue weighted by Gasteiger charge is 2.07. The van der Waals surface area contributed by atoms with Crippen LogP contribution in [0.1, 0.15) is 30.5 Å². The zero-order valence-electron chi connectivity index (χ0n) is 7.72. The summed E-state index contributed by atoms with van der Waals surface area (Å²) in [4.78, 5) is 0. The predicted octanol–water partition coefficient (Wildman–Crippen LogP) is 2.90. The van der Waals surface area contributed by atoms with E-state index in [0.717, 1.165) is 5.56 Å². The van der Waals surface area contributed by atoms with Crippen LogP contribution in [0.4, 0.5) is 8.78 Å². The zero-order chi connectivity index (χ0) is 9.84. The van der Waals surface area contributed by atoms with Crippen LogP contribution in [0.25, 0.3) is 0 Å². The molecule has 1 aromatic rings. The summed E-state index contributed by atoms with van der Waals surface area (Å²) in [6.07, 6.45) is -2.38. The van der Waals surface area contributed by atoms with E-state index >= 15 is 0 Å². The van der Waals surface area contributed by atoms with E-state index in [1.165, 1.54) is 12.1 Å². The molecule has 1 atom stereocenters. The van der Waals surface area contributed by atoms with E-state index in [9.17, 15) is 8.78 Å². The minimum atomic E-state index is -2.38. The molecule has 0 aliphatic heterocycles. The maximum Gasteiger partial charge on any atom is 0.263 e. The standard InChI is InChI=1S/C10H13F2N/c1-7(13-2)8-3-5-9(6-4-8)10(11)12/h3-7,10,13H,1-2H3/t7-/m1/s1. The molecule has 0 aliphatic carbocycles. The third-order valence-electron chi connectivity index (χ3n) is 2.12. The first-order chi connectivity index (χ1) is 6.15. The number of hydrogen-bond donors (Lipinski definition) is 1. The van der Waals surface area contributed by atoms with Gasteiger partial charge in [0.1, 0.15) is 0 Å². The number of benzene rings is 1.